The summed E-state index contributed by atoms with van der Waals surface area (Å²) >= 11 is 0. The molecule has 0 unspecified atom stereocenters. The van der Waals surface area contributed by atoms with E-state index in [2.05, 4.69) is 20.8 Å². The highest BCUT2D eigenvalue weighted by Crippen LogP contribution is 2.56. The largest absolute Gasteiger partial charge is 0.372 e. The zero-order valence-electron chi connectivity index (χ0n) is 12.3. The summed E-state index contributed by atoms with van der Waals surface area (Å²) in [6, 6.07) is 0. The molecule has 1 saturated carbocycles. The van der Waals surface area contributed by atoms with Crippen LogP contribution in [0.25, 0.3) is 0 Å². The molecule has 3 fully saturated rings. The third-order valence-electron chi connectivity index (χ3n) is 5.73. The summed E-state index contributed by atoms with van der Waals surface area (Å²) < 4.78 is 12.6. The Morgan fingerprint density at radius 3 is 2.00 bits per heavy atom. The van der Waals surface area contributed by atoms with Crippen LogP contribution in [0, 0.1) is 11.3 Å². The molecule has 0 aromatic heterocycles. The maximum Gasteiger partial charge on any atom is 0.0974 e. The maximum atomic E-state index is 6.32. The van der Waals surface area contributed by atoms with Gasteiger partial charge in [0.2, 0.25) is 0 Å². The second-order valence-corrected chi connectivity index (χ2v) is 7.70. The average molecular weight is 252 g/mol. The van der Waals surface area contributed by atoms with Gasteiger partial charge in [-0.3, -0.25) is 0 Å². The Hall–Kier alpha value is -0.0800. The van der Waals surface area contributed by atoms with Crippen LogP contribution in [0.5, 0.6) is 0 Å². The van der Waals surface area contributed by atoms with Crippen molar-refractivity contribution in [1.82, 2.24) is 0 Å². The van der Waals surface area contributed by atoms with Crippen molar-refractivity contribution in [3.8, 4) is 0 Å². The highest BCUT2D eigenvalue weighted by atomic mass is 16.6. The van der Waals surface area contributed by atoms with Crippen LogP contribution in [-0.2, 0) is 9.47 Å². The molecule has 0 bridgehead atoms. The molecule has 1 aliphatic carbocycles. The normalized spacial score (nSPS) is 45.2. The monoisotopic (exact) mass is 252 g/mol. The van der Waals surface area contributed by atoms with Gasteiger partial charge in [0, 0.05) is 13.2 Å². The Morgan fingerprint density at radius 1 is 0.889 bits per heavy atom. The first-order chi connectivity index (χ1) is 8.48. The van der Waals surface area contributed by atoms with E-state index in [-0.39, 0.29) is 11.2 Å². The van der Waals surface area contributed by atoms with Gasteiger partial charge in [-0.2, -0.15) is 0 Å². The fraction of sp³-hybridized carbons (Fsp3) is 1.00. The molecule has 2 spiro atoms. The lowest BCUT2D eigenvalue weighted by atomic mass is 9.60. The fourth-order valence-electron chi connectivity index (χ4n) is 4.53. The average Bonchev–Trinajstić information content (AvgIpc) is 2.91. The van der Waals surface area contributed by atoms with Gasteiger partial charge in [-0.1, -0.05) is 20.8 Å². The minimum atomic E-state index is 0.0553. The van der Waals surface area contributed by atoms with E-state index in [1.165, 1.54) is 44.9 Å². The van der Waals surface area contributed by atoms with Crippen LogP contribution < -0.4 is 0 Å². The van der Waals surface area contributed by atoms with Gasteiger partial charge in [-0.25, -0.2) is 0 Å². The smallest absolute Gasteiger partial charge is 0.0974 e. The van der Waals surface area contributed by atoms with Crippen molar-refractivity contribution in [2.24, 2.45) is 11.3 Å². The van der Waals surface area contributed by atoms with E-state index in [4.69, 9.17) is 9.47 Å². The van der Waals surface area contributed by atoms with Crippen molar-refractivity contribution in [3.05, 3.63) is 0 Å². The molecule has 18 heavy (non-hydrogen) atoms. The summed E-state index contributed by atoms with van der Waals surface area (Å²) in [6.07, 6.45) is 8.65. The second kappa shape index (κ2) is 4.21. The Bertz CT molecular complexity index is 304. The lowest BCUT2D eigenvalue weighted by Gasteiger charge is -2.53. The molecule has 0 radical (unpaired) electrons. The topological polar surface area (TPSA) is 18.5 Å². The van der Waals surface area contributed by atoms with Crippen molar-refractivity contribution in [1.29, 1.82) is 0 Å². The molecular formula is C16H28O2. The summed E-state index contributed by atoms with van der Waals surface area (Å²) in [5, 5.41) is 0. The van der Waals surface area contributed by atoms with E-state index in [9.17, 15) is 0 Å². The van der Waals surface area contributed by atoms with Crippen LogP contribution in [0.4, 0.5) is 0 Å². The lowest BCUT2D eigenvalue weighted by molar-refractivity contribution is -0.204. The fourth-order valence-corrected chi connectivity index (χ4v) is 4.53. The molecular weight excluding hydrogens is 224 g/mol. The van der Waals surface area contributed by atoms with Crippen LogP contribution in [0.2, 0.25) is 0 Å². The number of fused-ring (bicyclic) bond motifs is 1. The van der Waals surface area contributed by atoms with Crippen molar-refractivity contribution in [2.45, 2.75) is 76.9 Å². The molecule has 0 aromatic rings. The number of hydrogen-bond donors (Lipinski definition) is 0. The highest BCUT2D eigenvalue weighted by molar-refractivity contribution is 5.11. The SMILES string of the molecule is CC(C)(C)[C@@H]1CC[C@@]2(CCCO2)[C@@]2(CCCO2)C1. The molecule has 0 aromatic carbocycles. The van der Waals surface area contributed by atoms with Crippen molar-refractivity contribution in [3.63, 3.8) is 0 Å². The number of hydrogen-bond acceptors (Lipinski definition) is 2. The highest BCUT2D eigenvalue weighted by Gasteiger charge is 2.60. The zero-order chi connectivity index (χ0) is 12.9. The summed E-state index contributed by atoms with van der Waals surface area (Å²) in [6.45, 7) is 9.04. The Kier molecular flexibility index (Phi) is 3.02. The van der Waals surface area contributed by atoms with Crippen LogP contribution in [0.15, 0.2) is 0 Å². The first kappa shape index (κ1) is 12.9. The van der Waals surface area contributed by atoms with E-state index in [0.717, 1.165) is 19.1 Å². The van der Waals surface area contributed by atoms with Crippen LogP contribution in [0.1, 0.15) is 65.7 Å². The van der Waals surface area contributed by atoms with Gasteiger partial charge in [0.1, 0.15) is 0 Å². The van der Waals surface area contributed by atoms with Gasteiger partial charge in [-0.05, 0) is 56.3 Å². The first-order valence-corrected chi connectivity index (χ1v) is 7.75. The molecule has 3 aliphatic rings. The maximum absolute atomic E-state index is 6.32. The first-order valence-electron chi connectivity index (χ1n) is 7.75. The summed E-state index contributed by atoms with van der Waals surface area (Å²) in [7, 11) is 0. The van der Waals surface area contributed by atoms with Gasteiger partial charge in [0.25, 0.3) is 0 Å². The molecule has 2 heterocycles. The Labute approximate surface area is 111 Å². The second-order valence-electron chi connectivity index (χ2n) is 7.70. The zero-order valence-corrected chi connectivity index (χ0v) is 12.3. The molecule has 2 heteroatoms. The van der Waals surface area contributed by atoms with E-state index < -0.39 is 0 Å². The molecule has 2 nitrogen and oxygen atoms in total. The third kappa shape index (κ3) is 1.84. The van der Waals surface area contributed by atoms with Gasteiger partial charge in [0.05, 0.1) is 11.2 Å². The van der Waals surface area contributed by atoms with Gasteiger partial charge in [-0.15, -0.1) is 0 Å². The van der Waals surface area contributed by atoms with E-state index in [1.54, 1.807) is 0 Å². The van der Waals surface area contributed by atoms with Gasteiger partial charge < -0.3 is 9.47 Å². The summed E-state index contributed by atoms with van der Waals surface area (Å²) in [4.78, 5) is 0. The Morgan fingerprint density at radius 2 is 1.50 bits per heavy atom. The minimum absolute atomic E-state index is 0.0553. The third-order valence-corrected chi connectivity index (χ3v) is 5.73. The summed E-state index contributed by atoms with van der Waals surface area (Å²) in [5.74, 6) is 0.783. The number of rotatable bonds is 0. The van der Waals surface area contributed by atoms with E-state index >= 15 is 0 Å². The molecule has 0 amide bonds. The lowest BCUT2D eigenvalue weighted by Crippen LogP contribution is -2.58. The molecule has 2 saturated heterocycles. The van der Waals surface area contributed by atoms with E-state index in [1.807, 2.05) is 0 Å². The van der Waals surface area contributed by atoms with Gasteiger partial charge >= 0.3 is 0 Å². The molecule has 3 rings (SSSR count). The molecule has 104 valence electrons. The van der Waals surface area contributed by atoms with Crippen molar-refractivity contribution in [2.75, 3.05) is 13.2 Å². The predicted molar refractivity (Wildman–Crippen MR) is 72.6 cm³/mol. The Balaban J connectivity index is 1.87. The van der Waals surface area contributed by atoms with E-state index in [0.29, 0.717) is 5.41 Å². The summed E-state index contributed by atoms with van der Waals surface area (Å²) in [5.41, 5.74) is 0.532. The van der Waals surface area contributed by atoms with Crippen molar-refractivity contribution < 1.29 is 9.47 Å². The van der Waals surface area contributed by atoms with Crippen molar-refractivity contribution >= 4 is 0 Å². The minimum Gasteiger partial charge on any atom is -0.372 e. The molecule has 2 aliphatic heterocycles. The standard InChI is InChI=1S/C16H28O2/c1-14(2,3)13-6-9-15(7-4-10-17-15)16(12-13)8-5-11-18-16/h13H,4-12H2,1-3H3/t13-,15+,16-/m1/s1. The van der Waals surface area contributed by atoms with Gasteiger partial charge in [0.15, 0.2) is 0 Å². The van der Waals surface area contributed by atoms with Crippen LogP contribution >= 0.6 is 0 Å². The number of ether oxygens (including phenoxy) is 2. The van der Waals surface area contributed by atoms with Crippen LogP contribution in [-0.4, -0.2) is 24.4 Å². The molecule has 0 N–H and O–H groups in total. The van der Waals surface area contributed by atoms with Crippen LogP contribution in [0.3, 0.4) is 0 Å². The predicted octanol–water partition coefficient (Wildman–Crippen LogP) is 3.93. The quantitative estimate of drug-likeness (QED) is 0.650. The molecule has 3 atom stereocenters.